The molecule has 7 atom stereocenters. The maximum Gasteiger partial charge on any atom is 0.408 e. The van der Waals surface area contributed by atoms with Gasteiger partial charge < -0.3 is 30.6 Å². The number of primary amides is 1. The molecule has 4 N–H and O–H groups in total. The van der Waals surface area contributed by atoms with Crippen molar-refractivity contribution in [2.24, 2.45) is 11.7 Å². The molecule has 14 heteroatoms. The number of likely N-dealkylation sites (tertiary alicyclic amines) is 1. The minimum atomic E-state index is -4.48. The number of amides is 3. The van der Waals surface area contributed by atoms with Gasteiger partial charge in [0, 0.05) is 25.9 Å². The molecule has 4 rings (SSSR count). The zero-order valence-electron chi connectivity index (χ0n) is 24.0. The van der Waals surface area contributed by atoms with Gasteiger partial charge in [-0.05, 0) is 37.2 Å². The fourth-order valence-corrected chi connectivity index (χ4v) is 6.40. The van der Waals surface area contributed by atoms with Gasteiger partial charge in [-0.3, -0.25) is 19.3 Å². The molecule has 1 aromatic carbocycles. The van der Waals surface area contributed by atoms with Crippen LogP contribution in [0.1, 0.15) is 51.0 Å². The first-order chi connectivity index (χ1) is 20.4. The number of nitrogens with zero attached hydrogens (tertiary/aromatic N) is 1. The second-order valence-electron chi connectivity index (χ2n) is 11.5. The highest BCUT2D eigenvalue weighted by atomic mass is 19.4. The minimum Gasteiger partial charge on any atom is -0.459 e. The molecule has 3 aliphatic rings. The highest BCUT2D eigenvalue weighted by Gasteiger charge is 2.55. The van der Waals surface area contributed by atoms with Gasteiger partial charge >= 0.3 is 18.2 Å². The number of carbonyl (C=O) groups is 4. The molecule has 1 aliphatic carbocycles. The number of ether oxygens (including phenoxy) is 3. The number of benzene rings is 1. The SMILES string of the molecule is CC(=O)O[C@@H](CN1[C@H](C(F)(F)F)C[C@@H]2CCC[C@@H]21)[C@H](Cc1ccccc1)NC(=O)[C@H](CC(N)=O)NC(=O)OC1CCOC1. The molecule has 1 unspecified atom stereocenters. The number of esters is 1. The van der Waals surface area contributed by atoms with Gasteiger partial charge in [0.05, 0.1) is 25.7 Å². The van der Waals surface area contributed by atoms with Gasteiger partial charge in [-0.25, -0.2) is 4.79 Å². The minimum absolute atomic E-state index is 0.0323. The fraction of sp³-hybridized carbons (Fsp3) is 0.655. The second kappa shape index (κ2) is 14.4. The van der Waals surface area contributed by atoms with Crippen molar-refractivity contribution in [2.75, 3.05) is 19.8 Å². The lowest BCUT2D eigenvalue weighted by molar-refractivity contribution is -0.185. The number of rotatable bonds is 12. The topological polar surface area (TPSA) is 149 Å². The summed E-state index contributed by atoms with van der Waals surface area (Å²) in [4.78, 5) is 51.5. The summed E-state index contributed by atoms with van der Waals surface area (Å²) in [6.07, 6.45) is -5.06. The molecule has 1 saturated carbocycles. The Morgan fingerprint density at radius 1 is 1.12 bits per heavy atom. The van der Waals surface area contributed by atoms with E-state index >= 15 is 0 Å². The molecule has 0 bridgehead atoms. The number of hydrogen-bond donors (Lipinski definition) is 3. The van der Waals surface area contributed by atoms with Crippen LogP contribution in [-0.4, -0.2) is 91.1 Å². The van der Waals surface area contributed by atoms with Crippen LogP contribution in [0.15, 0.2) is 30.3 Å². The third-order valence-corrected chi connectivity index (χ3v) is 8.31. The number of halogens is 3. The third kappa shape index (κ3) is 9.05. The molecule has 0 radical (unpaired) electrons. The molecule has 238 valence electrons. The molecule has 43 heavy (non-hydrogen) atoms. The molecule has 0 aromatic heterocycles. The highest BCUT2D eigenvalue weighted by Crippen LogP contribution is 2.46. The van der Waals surface area contributed by atoms with E-state index in [1.54, 1.807) is 30.3 Å². The van der Waals surface area contributed by atoms with E-state index in [9.17, 15) is 32.3 Å². The van der Waals surface area contributed by atoms with Gasteiger partial charge in [0.2, 0.25) is 11.8 Å². The Hall–Kier alpha value is -3.39. The maximum atomic E-state index is 14.2. The standard InChI is InChI=1S/C29H39F3N4O7/c1-17(37)42-24(15-36-23-9-5-8-19(23)13-25(36)29(30,31)32)21(12-18-6-3-2-4-7-18)34-27(39)22(14-26(33)38)35-28(40)43-20-10-11-41-16-20/h2-4,6-7,19-25H,5,8-16H2,1H3,(H2,33,38)(H,34,39)(H,35,40)/t19-,20?,21-,22-,23-,24-,25-/m0/s1. The van der Waals surface area contributed by atoms with Crippen molar-refractivity contribution in [1.82, 2.24) is 15.5 Å². The molecular formula is C29H39F3N4O7. The summed E-state index contributed by atoms with van der Waals surface area (Å²) in [5.41, 5.74) is 6.07. The molecule has 3 fully saturated rings. The fourth-order valence-electron chi connectivity index (χ4n) is 6.40. The van der Waals surface area contributed by atoms with Crippen LogP contribution in [0.5, 0.6) is 0 Å². The van der Waals surface area contributed by atoms with E-state index in [1.165, 1.54) is 4.90 Å². The van der Waals surface area contributed by atoms with Gasteiger partial charge in [0.25, 0.3) is 0 Å². The summed E-state index contributed by atoms with van der Waals surface area (Å²) in [6, 6.07) is 4.37. The lowest BCUT2D eigenvalue weighted by Gasteiger charge is -2.37. The Balaban J connectivity index is 1.58. The summed E-state index contributed by atoms with van der Waals surface area (Å²) >= 11 is 0. The Bertz CT molecular complexity index is 1130. The third-order valence-electron chi connectivity index (χ3n) is 8.31. The van der Waals surface area contributed by atoms with Crippen molar-refractivity contribution in [1.29, 1.82) is 0 Å². The van der Waals surface area contributed by atoms with Crippen LogP contribution in [0, 0.1) is 5.92 Å². The van der Waals surface area contributed by atoms with Gasteiger partial charge in [-0.2, -0.15) is 13.2 Å². The van der Waals surface area contributed by atoms with Crippen molar-refractivity contribution in [3.05, 3.63) is 35.9 Å². The van der Waals surface area contributed by atoms with E-state index < -0.39 is 66.8 Å². The van der Waals surface area contributed by atoms with Crippen molar-refractivity contribution >= 4 is 23.9 Å². The van der Waals surface area contributed by atoms with Crippen LogP contribution in [0.2, 0.25) is 0 Å². The Kier molecular flexibility index (Phi) is 10.9. The van der Waals surface area contributed by atoms with Gasteiger partial charge in [0.1, 0.15) is 24.3 Å². The number of nitrogens with two attached hydrogens (primary N) is 1. The van der Waals surface area contributed by atoms with Crippen LogP contribution >= 0.6 is 0 Å². The van der Waals surface area contributed by atoms with Gasteiger partial charge in [-0.1, -0.05) is 36.8 Å². The van der Waals surface area contributed by atoms with E-state index in [4.69, 9.17) is 19.9 Å². The predicted molar refractivity (Wildman–Crippen MR) is 146 cm³/mol. The van der Waals surface area contributed by atoms with Crippen LogP contribution in [-0.2, 0) is 35.0 Å². The molecule has 2 saturated heterocycles. The molecule has 1 aromatic rings. The predicted octanol–water partition coefficient (Wildman–Crippen LogP) is 2.21. The monoisotopic (exact) mass is 612 g/mol. The summed E-state index contributed by atoms with van der Waals surface area (Å²) in [6.45, 7) is 1.49. The zero-order valence-corrected chi connectivity index (χ0v) is 24.0. The Morgan fingerprint density at radius 3 is 2.49 bits per heavy atom. The number of carbonyl (C=O) groups excluding carboxylic acids is 4. The second-order valence-corrected chi connectivity index (χ2v) is 11.5. The van der Waals surface area contributed by atoms with E-state index in [-0.39, 0.29) is 38.0 Å². The van der Waals surface area contributed by atoms with Gasteiger partial charge in [0.15, 0.2) is 0 Å². The van der Waals surface area contributed by atoms with Crippen molar-refractivity contribution in [2.45, 2.75) is 94.4 Å². The number of alkyl carbamates (subject to hydrolysis) is 1. The molecule has 0 spiro atoms. The first-order valence-electron chi connectivity index (χ1n) is 14.6. The summed E-state index contributed by atoms with van der Waals surface area (Å²) in [5.74, 6) is -2.55. The quantitative estimate of drug-likeness (QED) is 0.304. The summed E-state index contributed by atoms with van der Waals surface area (Å²) in [7, 11) is 0. The highest BCUT2D eigenvalue weighted by molar-refractivity contribution is 5.90. The maximum absolute atomic E-state index is 14.2. The van der Waals surface area contributed by atoms with Crippen molar-refractivity contribution < 1.29 is 46.6 Å². The number of nitrogens with one attached hydrogen (secondary N) is 2. The van der Waals surface area contributed by atoms with Crippen molar-refractivity contribution in [3.8, 4) is 0 Å². The first-order valence-corrected chi connectivity index (χ1v) is 14.6. The Labute approximate surface area is 247 Å². The van der Waals surface area contributed by atoms with E-state index in [0.717, 1.165) is 18.9 Å². The lowest BCUT2D eigenvalue weighted by atomic mass is 9.99. The summed E-state index contributed by atoms with van der Waals surface area (Å²) < 4.78 is 58.5. The van der Waals surface area contributed by atoms with Crippen LogP contribution in [0.3, 0.4) is 0 Å². The zero-order chi connectivity index (χ0) is 31.1. The summed E-state index contributed by atoms with van der Waals surface area (Å²) in [5, 5.41) is 5.09. The molecule has 11 nitrogen and oxygen atoms in total. The van der Waals surface area contributed by atoms with Crippen LogP contribution in [0.4, 0.5) is 18.0 Å². The normalized spacial score (nSPS) is 25.8. The van der Waals surface area contributed by atoms with Gasteiger partial charge in [-0.15, -0.1) is 0 Å². The van der Waals surface area contributed by atoms with Crippen molar-refractivity contribution in [3.63, 3.8) is 0 Å². The van der Waals surface area contributed by atoms with E-state index in [2.05, 4.69) is 10.6 Å². The van der Waals surface area contributed by atoms with Crippen LogP contribution in [0.25, 0.3) is 0 Å². The molecular weight excluding hydrogens is 573 g/mol. The molecule has 2 aliphatic heterocycles. The largest absolute Gasteiger partial charge is 0.459 e. The molecule has 2 heterocycles. The lowest BCUT2D eigenvalue weighted by Crippen LogP contribution is -2.58. The first kappa shape index (κ1) is 32.5. The average Bonchev–Trinajstić information content (AvgIpc) is 3.66. The number of fused-ring (bicyclic) bond motifs is 1. The average molecular weight is 613 g/mol. The van der Waals surface area contributed by atoms with Crippen LogP contribution < -0.4 is 16.4 Å². The Morgan fingerprint density at radius 2 is 1.86 bits per heavy atom. The molecule has 3 amide bonds. The smallest absolute Gasteiger partial charge is 0.408 e. The number of hydrogen-bond acceptors (Lipinski definition) is 8. The number of alkyl halides is 3. The van der Waals surface area contributed by atoms with E-state index in [1.807, 2.05) is 0 Å². The van der Waals surface area contributed by atoms with E-state index in [0.29, 0.717) is 25.9 Å².